The normalized spacial score (nSPS) is 19.6. The quantitative estimate of drug-likeness (QED) is 0.250. The fourth-order valence-corrected chi connectivity index (χ4v) is 7.49. The van der Waals surface area contributed by atoms with E-state index in [1.165, 1.54) is 34.6 Å². The number of sulfonamides is 1. The Labute approximate surface area is 247 Å². The number of halogens is 1. The van der Waals surface area contributed by atoms with Crippen molar-refractivity contribution in [3.63, 3.8) is 0 Å². The van der Waals surface area contributed by atoms with Crippen LogP contribution in [0, 0.1) is 18.2 Å². The van der Waals surface area contributed by atoms with E-state index in [2.05, 4.69) is 21.6 Å². The molecular formula is C29H32FN5O5S2. The number of hydrogen-bond acceptors (Lipinski definition) is 8. The first-order chi connectivity index (χ1) is 19.7. The van der Waals surface area contributed by atoms with E-state index in [1.807, 2.05) is 20.8 Å². The summed E-state index contributed by atoms with van der Waals surface area (Å²) in [4.78, 5) is 27.8. The van der Waals surface area contributed by atoms with Gasteiger partial charge < -0.3 is 14.4 Å². The number of aryl methyl sites for hydroxylation is 1. The molecule has 4 aromatic rings. The van der Waals surface area contributed by atoms with Crippen molar-refractivity contribution in [2.45, 2.75) is 63.8 Å². The zero-order valence-corrected chi connectivity index (χ0v) is 25.5. The molecular weight excluding hydrogens is 581 g/mol. The Kier molecular flexibility index (Phi) is 7.60. The molecule has 1 aromatic carbocycles. The number of nitrogens with one attached hydrogen (secondary N) is 1. The number of anilines is 1. The van der Waals surface area contributed by atoms with Crippen LogP contribution in [0.15, 0.2) is 58.4 Å². The lowest BCUT2D eigenvalue weighted by Crippen LogP contribution is -2.55. The van der Waals surface area contributed by atoms with Crippen LogP contribution in [0.25, 0.3) is 21.8 Å². The molecule has 2 unspecified atom stereocenters. The summed E-state index contributed by atoms with van der Waals surface area (Å²) in [7, 11) is -4.09. The van der Waals surface area contributed by atoms with Crippen molar-refractivity contribution in [3.8, 4) is 21.8 Å². The second-order valence-electron chi connectivity index (χ2n) is 11.8. The number of carbonyl (C=O) groups is 1. The third-order valence-electron chi connectivity index (χ3n) is 7.63. The van der Waals surface area contributed by atoms with Crippen molar-refractivity contribution >= 4 is 33.1 Å². The maximum Gasteiger partial charge on any atom is 0.407 e. The molecule has 10 nitrogen and oxygen atoms in total. The third kappa shape index (κ3) is 5.62. The number of likely N-dealkylation sites (tertiary alicyclic amines) is 1. The van der Waals surface area contributed by atoms with E-state index < -0.39 is 27.3 Å². The Hall–Kier alpha value is -3.84. The van der Waals surface area contributed by atoms with Crippen molar-refractivity contribution in [1.82, 2.24) is 19.9 Å². The molecule has 4 heterocycles. The summed E-state index contributed by atoms with van der Waals surface area (Å²) >= 11 is 1.38. The first kappa shape index (κ1) is 29.6. The Morgan fingerprint density at radius 3 is 2.64 bits per heavy atom. The number of rotatable bonds is 6. The summed E-state index contributed by atoms with van der Waals surface area (Å²) in [5, 5.41) is 10.6. The van der Waals surface area contributed by atoms with Crippen LogP contribution in [0.1, 0.15) is 51.4 Å². The summed E-state index contributed by atoms with van der Waals surface area (Å²) in [6.45, 7) is 10.2. The minimum atomic E-state index is -4.09. The Bertz CT molecular complexity index is 1730. The fourth-order valence-electron chi connectivity index (χ4n) is 5.28. The average molecular weight is 614 g/mol. The molecule has 42 heavy (non-hydrogen) atoms. The van der Waals surface area contributed by atoms with E-state index in [1.54, 1.807) is 31.3 Å². The second-order valence-corrected chi connectivity index (χ2v) is 14.5. The molecule has 0 radical (unpaired) electrons. The highest BCUT2D eigenvalue weighted by atomic mass is 32.2. The van der Waals surface area contributed by atoms with Crippen LogP contribution in [0.5, 0.6) is 0 Å². The topological polar surface area (TPSA) is 139 Å². The highest BCUT2D eigenvalue weighted by Gasteiger charge is 2.46. The molecule has 0 spiro atoms. The molecule has 1 amide bonds. The van der Waals surface area contributed by atoms with Crippen LogP contribution < -0.4 is 4.72 Å². The molecule has 0 aliphatic carbocycles. The predicted octanol–water partition coefficient (Wildman–Crippen LogP) is 6.55. The number of carboxylic acid groups (broad SMARTS) is 1. The third-order valence-corrected chi connectivity index (χ3v) is 10.4. The van der Waals surface area contributed by atoms with Gasteiger partial charge in [-0.15, -0.1) is 11.3 Å². The number of hydrogen-bond donors (Lipinski definition) is 2. The molecule has 0 saturated carbocycles. The summed E-state index contributed by atoms with van der Waals surface area (Å²) in [6, 6.07) is 7.19. The zero-order chi connectivity index (χ0) is 30.4. The van der Waals surface area contributed by atoms with Crippen LogP contribution in [0.3, 0.4) is 0 Å². The maximum absolute atomic E-state index is 16.1. The molecule has 0 bridgehead atoms. The smallest absolute Gasteiger partial charge is 0.407 e. The molecule has 2 N–H and O–H groups in total. The minimum absolute atomic E-state index is 0.107. The molecule has 13 heteroatoms. The van der Waals surface area contributed by atoms with Crippen molar-refractivity contribution in [2.24, 2.45) is 5.41 Å². The molecule has 3 aromatic heterocycles. The van der Waals surface area contributed by atoms with E-state index in [0.29, 0.717) is 41.5 Å². The van der Waals surface area contributed by atoms with Crippen LogP contribution >= 0.6 is 11.3 Å². The van der Waals surface area contributed by atoms with Gasteiger partial charge in [-0.05, 0) is 49.4 Å². The number of piperidine rings is 1. The number of benzene rings is 1. The number of thiazole rings is 1. The Morgan fingerprint density at radius 2 is 2.00 bits per heavy atom. The van der Waals surface area contributed by atoms with Gasteiger partial charge in [0.05, 0.1) is 33.2 Å². The molecule has 1 aliphatic heterocycles. The van der Waals surface area contributed by atoms with Crippen LogP contribution in [0.4, 0.5) is 14.9 Å². The first-order valence-electron chi connectivity index (χ1n) is 13.3. The monoisotopic (exact) mass is 613 g/mol. The van der Waals surface area contributed by atoms with Gasteiger partial charge in [-0.3, -0.25) is 4.72 Å². The van der Waals surface area contributed by atoms with Crippen LogP contribution in [-0.4, -0.2) is 52.1 Å². The van der Waals surface area contributed by atoms with E-state index in [-0.39, 0.29) is 27.6 Å². The molecule has 1 aliphatic rings. The van der Waals surface area contributed by atoms with Crippen LogP contribution in [0.2, 0.25) is 0 Å². The van der Waals surface area contributed by atoms with Gasteiger partial charge in [0.1, 0.15) is 17.0 Å². The lowest BCUT2D eigenvalue weighted by atomic mass is 9.70. The fraction of sp³-hybridized carbons (Fsp3) is 0.379. The molecule has 1 fully saturated rings. The van der Waals surface area contributed by atoms with Gasteiger partial charge in [0.15, 0.2) is 5.82 Å². The zero-order valence-electron chi connectivity index (χ0n) is 23.9. The maximum atomic E-state index is 16.1. The minimum Gasteiger partial charge on any atom is -0.471 e. The van der Waals surface area contributed by atoms with Gasteiger partial charge in [0.2, 0.25) is 0 Å². The SMILES string of the molecule is Cc1nccc(-c2sc(C3(C)CCN(C(=O)O)C(C(C)(C)C)C3)nc2-c2cccc(NS(=O)(=O)c3ccoc3)c2F)n1. The van der Waals surface area contributed by atoms with Crippen molar-refractivity contribution in [2.75, 3.05) is 11.3 Å². The largest absolute Gasteiger partial charge is 0.471 e. The summed E-state index contributed by atoms with van der Waals surface area (Å²) < 4.78 is 48.9. The van der Waals surface area contributed by atoms with Crippen molar-refractivity contribution < 1.29 is 27.1 Å². The highest BCUT2D eigenvalue weighted by molar-refractivity contribution is 7.92. The number of nitrogens with zero attached hydrogens (tertiary/aromatic N) is 4. The van der Waals surface area contributed by atoms with Crippen LogP contribution in [-0.2, 0) is 15.4 Å². The van der Waals surface area contributed by atoms with E-state index in [0.717, 1.165) is 11.3 Å². The standard InChI is InChI=1S/C29H32FN5O5S2/c1-17-31-12-9-21(32-17)25-24(19-7-6-8-20(23(19)30)34-42(38,39)18-10-14-40-16-18)33-26(41-25)29(5)11-13-35(27(36)37)22(15-29)28(2,3)4/h6-10,12,14,16,22,34H,11,13,15H2,1-5H3,(H,36,37). The van der Waals surface area contributed by atoms with Gasteiger partial charge >= 0.3 is 6.09 Å². The lowest BCUT2D eigenvalue weighted by molar-refractivity contribution is 0.0339. The van der Waals surface area contributed by atoms with E-state index in [4.69, 9.17) is 9.40 Å². The predicted molar refractivity (Wildman–Crippen MR) is 157 cm³/mol. The van der Waals surface area contributed by atoms with Gasteiger partial charge in [-0.2, -0.15) is 0 Å². The van der Waals surface area contributed by atoms with Gasteiger partial charge in [0.25, 0.3) is 10.0 Å². The van der Waals surface area contributed by atoms with Crippen molar-refractivity contribution in [3.05, 3.63) is 65.7 Å². The highest BCUT2D eigenvalue weighted by Crippen LogP contribution is 2.48. The lowest BCUT2D eigenvalue weighted by Gasteiger charge is -2.48. The van der Waals surface area contributed by atoms with E-state index in [9.17, 15) is 18.3 Å². The van der Waals surface area contributed by atoms with E-state index >= 15 is 4.39 Å². The number of furan rings is 1. The molecule has 2 atom stereocenters. The van der Waals surface area contributed by atoms with Gasteiger partial charge in [-0.1, -0.05) is 33.8 Å². The average Bonchev–Trinajstić information content (AvgIpc) is 3.61. The van der Waals surface area contributed by atoms with Crippen molar-refractivity contribution in [1.29, 1.82) is 0 Å². The first-order valence-corrected chi connectivity index (χ1v) is 15.6. The Balaban J connectivity index is 1.62. The summed E-state index contributed by atoms with van der Waals surface area (Å²) in [5.41, 5.74) is -0.0648. The number of aromatic nitrogens is 3. The van der Waals surface area contributed by atoms with Gasteiger partial charge in [-0.25, -0.2) is 32.6 Å². The summed E-state index contributed by atoms with van der Waals surface area (Å²) in [5.74, 6) is -0.254. The number of amides is 1. The second kappa shape index (κ2) is 10.8. The molecule has 222 valence electrons. The molecule has 1 saturated heterocycles. The summed E-state index contributed by atoms with van der Waals surface area (Å²) in [6.07, 6.45) is 4.02. The molecule has 5 rings (SSSR count). The van der Waals surface area contributed by atoms with Gasteiger partial charge in [0, 0.05) is 29.8 Å². The Morgan fingerprint density at radius 1 is 1.24 bits per heavy atom.